The monoisotopic (exact) mass is 523 g/mol. The van der Waals surface area contributed by atoms with Crippen LogP contribution < -0.4 is 18.9 Å². The zero-order valence-electron chi connectivity index (χ0n) is 23.1. The number of para-hydroxylation sites is 2. The number of methoxy groups -OCH3 is 4. The molecule has 0 amide bonds. The maximum atomic E-state index is 11.4. The third-order valence-electron chi connectivity index (χ3n) is 7.88. The van der Waals surface area contributed by atoms with E-state index in [4.69, 9.17) is 23.8 Å². The van der Waals surface area contributed by atoms with Gasteiger partial charge >= 0.3 is 0 Å². The van der Waals surface area contributed by atoms with E-state index in [9.17, 15) is 5.11 Å². The number of hydrogen-bond acceptors (Lipinski definition) is 7. The van der Waals surface area contributed by atoms with Crippen molar-refractivity contribution in [2.24, 2.45) is 0 Å². The Morgan fingerprint density at radius 1 is 0.816 bits per heavy atom. The van der Waals surface area contributed by atoms with Gasteiger partial charge in [0.25, 0.3) is 0 Å². The third kappa shape index (κ3) is 4.13. The highest BCUT2D eigenvalue weighted by molar-refractivity contribution is 5.59. The number of aliphatic hydroxyl groups excluding tert-OH is 1. The standard InChI is InChI=1S/C30H39N2O6/c1-7-31-20-29(37-5)32(38-6,24-15-11-12-16-25(24)34-2)28(21-33)30(31,22-13-9-8-10-14-22)23-17-18-26(35-3)27(19-23)36-4/h8-19,28-29,33H,7,20-21H2,1-6H3/q+1. The van der Waals surface area contributed by atoms with Gasteiger partial charge in [0.1, 0.15) is 12.1 Å². The van der Waals surface area contributed by atoms with E-state index in [2.05, 4.69) is 24.0 Å². The second-order valence-corrected chi connectivity index (χ2v) is 9.19. The van der Waals surface area contributed by atoms with Crippen LogP contribution in [0.25, 0.3) is 0 Å². The molecule has 1 aliphatic rings. The molecule has 1 N–H and O–H groups in total. The SMILES string of the molecule is CCN1CC(OC)[N+](OC)(c2ccccc2OC)C(CO)C1(c1ccccc1)c1ccc(OC)c(OC)c1. The Balaban J connectivity index is 2.15. The topological polar surface area (TPSA) is 69.6 Å². The second kappa shape index (κ2) is 11.7. The van der Waals surface area contributed by atoms with Crippen LogP contribution >= 0.6 is 0 Å². The summed E-state index contributed by atoms with van der Waals surface area (Å²) in [5.41, 5.74) is 1.86. The minimum atomic E-state index is -0.851. The molecule has 204 valence electrons. The summed E-state index contributed by atoms with van der Waals surface area (Å²) in [7, 11) is 8.23. The lowest BCUT2D eigenvalue weighted by molar-refractivity contribution is -0.294. The van der Waals surface area contributed by atoms with Crippen LogP contribution in [0.1, 0.15) is 18.1 Å². The molecule has 4 rings (SSSR count). The number of quaternary nitrogens is 1. The summed E-state index contributed by atoms with van der Waals surface area (Å²) in [6.45, 7) is 3.11. The highest BCUT2D eigenvalue weighted by atomic mass is 16.7. The smallest absolute Gasteiger partial charge is 0.241 e. The minimum absolute atomic E-state index is 0.114. The Morgan fingerprint density at radius 2 is 1.47 bits per heavy atom. The first-order valence-corrected chi connectivity index (χ1v) is 12.8. The van der Waals surface area contributed by atoms with E-state index in [-0.39, 0.29) is 11.3 Å². The predicted molar refractivity (Wildman–Crippen MR) is 147 cm³/mol. The van der Waals surface area contributed by atoms with Gasteiger partial charge in [0, 0.05) is 13.2 Å². The van der Waals surface area contributed by atoms with Gasteiger partial charge in [0.05, 0.1) is 35.0 Å². The van der Waals surface area contributed by atoms with Gasteiger partial charge in [-0.15, -0.1) is 4.65 Å². The molecule has 1 fully saturated rings. The zero-order chi connectivity index (χ0) is 27.3. The predicted octanol–water partition coefficient (Wildman–Crippen LogP) is 4.19. The fraction of sp³-hybridized carbons (Fsp3) is 0.400. The Hall–Kier alpha value is -3.14. The van der Waals surface area contributed by atoms with Gasteiger partial charge in [-0.1, -0.05) is 55.5 Å². The average molecular weight is 524 g/mol. The van der Waals surface area contributed by atoms with Crippen LogP contribution in [0.2, 0.25) is 0 Å². The molecule has 0 bridgehead atoms. The number of hydrogen-bond donors (Lipinski definition) is 1. The number of aliphatic hydroxyl groups is 1. The van der Waals surface area contributed by atoms with E-state index in [0.717, 1.165) is 16.8 Å². The lowest BCUT2D eigenvalue weighted by atomic mass is 9.72. The normalized spacial score (nSPS) is 25.7. The van der Waals surface area contributed by atoms with Gasteiger partial charge in [-0.2, -0.15) is 4.84 Å². The number of piperazine rings is 1. The van der Waals surface area contributed by atoms with Gasteiger partial charge in [0.2, 0.25) is 11.9 Å². The van der Waals surface area contributed by atoms with Crippen molar-refractivity contribution in [1.82, 2.24) is 9.55 Å². The molecule has 0 aromatic heterocycles. The summed E-state index contributed by atoms with van der Waals surface area (Å²) >= 11 is 0. The van der Waals surface area contributed by atoms with Crippen molar-refractivity contribution in [2.75, 3.05) is 55.2 Å². The fourth-order valence-corrected chi connectivity index (χ4v) is 6.27. The summed E-state index contributed by atoms with van der Waals surface area (Å²) < 4.78 is 23.2. The molecular formula is C30H39N2O6+. The van der Waals surface area contributed by atoms with Crippen LogP contribution in [-0.4, -0.2) is 77.5 Å². The Kier molecular flexibility index (Phi) is 8.60. The Morgan fingerprint density at radius 3 is 2.05 bits per heavy atom. The lowest BCUT2D eigenvalue weighted by Crippen LogP contribution is -2.80. The highest BCUT2D eigenvalue weighted by Gasteiger charge is 2.66. The largest absolute Gasteiger partial charge is 0.493 e. The van der Waals surface area contributed by atoms with Crippen LogP contribution in [0.3, 0.4) is 0 Å². The molecule has 0 saturated carbocycles. The maximum Gasteiger partial charge on any atom is 0.241 e. The first-order chi connectivity index (χ1) is 18.5. The van der Waals surface area contributed by atoms with Crippen molar-refractivity contribution in [1.29, 1.82) is 0 Å². The van der Waals surface area contributed by atoms with E-state index in [1.807, 2.05) is 60.7 Å². The minimum Gasteiger partial charge on any atom is -0.493 e. The zero-order valence-corrected chi connectivity index (χ0v) is 23.1. The molecule has 0 spiro atoms. The molecule has 3 aromatic rings. The Labute approximate surface area is 225 Å². The van der Waals surface area contributed by atoms with Crippen LogP contribution in [0, 0.1) is 0 Å². The van der Waals surface area contributed by atoms with E-state index >= 15 is 0 Å². The van der Waals surface area contributed by atoms with Crippen molar-refractivity contribution in [3.8, 4) is 17.2 Å². The first kappa shape index (κ1) is 27.9. The van der Waals surface area contributed by atoms with Crippen molar-refractivity contribution in [3.05, 3.63) is 83.9 Å². The summed E-state index contributed by atoms with van der Waals surface area (Å²) in [5, 5.41) is 11.4. The average Bonchev–Trinajstić information content (AvgIpc) is 2.99. The lowest BCUT2D eigenvalue weighted by Gasteiger charge is -2.59. The summed E-state index contributed by atoms with van der Waals surface area (Å²) in [4.78, 5) is 8.85. The van der Waals surface area contributed by atoms with Gasteiger partial charge in [0.15, 0.2) is 23.3 Å². The van der Waals surface area contributed by atoms with Crippen molar-refractivity contribution in [2.45, 2.75) is 24.7 Å². The summed E-state index contributed by atoms with van der Waals surface area (Å²) in [6.07, 6.45) is -0.467. The third-order valence-corrected chi connectivity index (χ3v) is 7.88. The molecular weight excluding hydrogens is 484 g/mol. The molecule has 38 heavy (non-hydrogen) atoms. The van der Waals surface area contributed by atoms with Gasteiger partial charge < -0.3 is 24.1 Å². The van der Waals surface area contributed by atoms with Crippen LogP contribution in [0.15, 0.2) is 72.8 Å². The molecule has 0 radical (unpaired) electrons. The van der Waals surface area contributed by atoms with E-state index in [1.54, 1.807) is 35.5 Å². The van der Waals surface area contributed by atoms with E-state index in [0.29, 0.717) is 30.3 Å². The molecule has 1 heterocycles. The molecule has 0 aliphatic carbocycles. The number of likely N-dealkylation sites (N-methyl/N-ethyl adjacent to an activating group) is 1. The molecule has 1 aliphatic heterocycles. The maximum absolute atomic E-state index is 11.4. The van der Waals surface area contributed by atoms with Crippen molar-refractivity contribution >= 4 is 5.69 Å². The molecule has 8 heteroatoms. The molecule has 3 aromatic carbocycles. The fourth-order valence-electron chi connectivity index (χ4n) is 6.27. The number of rotatable bonds is 10. The molecule has 4 unspecified atom stereocenters. The molecule has 4 atom stereocenters. The summed E-state index contributed by atoms with van der Waals surface area (Å²) in [6, 6.07) is 23.4. The van der Waals surface area contributed by atoms with Gasteiger partial charge in [-0.3, -0.25) is 4.90 Å². The quantitative estimate of drug-likeness (QED) is 0.400. The number of nitrogens with zero attached hydrogens (tertiary/aromatic N) is 2. The summed E-state index contributed by atoms with van der Waals surface area (Å²) in [5.74, 6) is 1.88. The van der Waals surface area contributed by atoms with Gasteiger partial charge in [-0.25, -0.2) is 0 Å². The van der Waals surface area contributed by atoms with Crippen LogP contribution in [0.4, 0.5) is 5.69 Å². The van der Waals surface area contributed by atoms with Crippen molar-refractivity contribution in [3.63, 3.8) is 0 Å². The first-order valence-electron chi connectivity index (χ1n) is 12.8. The Bertz CT molecular complexity index is 1210. The van der Waals surface area contributed by atoms with Gasteiger partial charge in [-0.05, 0) is 35.9 Å². The van der Waals surface area contributed by atoms with Crippen molar-refractivity contribution < 1.29 is 28.9 Å². The van der Waals surface area contributed by atoms with Crippen LogP contribution in [-0.2, 0) is 15.1 Å². The molecule has 1 saturated heterocycles. The highest BCUT2D eigenvalue weighted by Crippen LogP contribution is 2.53. The number of ether oxygens (including phenoxy) is 4. The number of hydroxylamine groups is 2. The van der Waals surface area contributed by atoms with E-state index in [1.165, 1.54) is 0 Å². The number of benzene rings is 3. The second-order valence-electron chi connectivity index (χ2n) is 9.19. The van der Waals surface area contributed by atoms with Crippen LogP contribution in [0.5, 0.6) is 17.2 Å². The molecule has 8 nitrogen and oxygen atoms in total. The van der Waals surface area contributed by atoms with E-state index < -0.39 is 17.8 Å².